The van der Waals surface area contributed by atoms with Crippen molar-refractivity contribution in [2.45, 2.75) is 26.8 Å². The molecule has 0 saturated carbocycles. The van der Waals surface area contributed by atoms with E-state index in [2.05, 4.69) is 4.98 Å². The lowest BCUT2D eigenvalue weighted by atomic mass is 10.2. The SMILES string of the molecule is CCCOc1c[nH]c(Cn2cc([N+](=O)[O-])c(C)cc2=O)cc1=O. The molecule has 0 spiro atoms. The predicted octanol–water partition coefficient (Wildman–Crippen LogP) is 1.59. The summed E-state index contributed by atoms with van der Waals surface area (Å²) in [4.78, 5) is 37.1. The Kier molecular flexibility index (Phi) is 4.95. The number of aromatic nitrogens is 2. The standard InChI is InChI=1S/C15H17N3O5/c1-3-4-23-14-7-16-11(6-13(14)19)8-17-9-12(18(21)22)10(2)5-15(17)20/h5-7,9H,3-4,8H2,1-2H3,(H,16,19). The van der Waals surface area contributed by atoms with Gasteiger partial charge in [-0.3, -0.25) is 19.7 Å². The zero-order valence-electron chi connectivity index (χ0n) is 12.9. The largest absolute Gasteiger partial charge is 0.488 e. The molecule has 1 N–H and O–H groups in total. The smallest absolute Gasteiger partial charge is 0.288 e. The van der Waals surface area contributed by atoms with Gasteiger partial charge in [0.25, 0.3) is 11.2 Å². The summed E-state index contributed by atoms with van der Waals surface area (Å²) in [6.07, 6.45) is 3.39. The highest BCUT2D eigenvalue weighted by Gasteiger charge is 2.14. The van der Waals surface area contributed by atoms with E-state index in [0.29, 0.717) is 17.9 Å². The summed E-state index contributed by atoms with van der Waals surface area (Å²) >= 11 is 0. The number of hydrogen-bond donors (Lipinski definition) is 1. The van der Waals surface area contributed by atoms with E-state index in [1.165, 1.54) is 36.0 Å². The van der Waals surface area contributed by atoms with Gasteiger partial charge in [0.05, 0.1) is 24.3 Å². The normalized spacial score (nSPS) is 10.5. The van der Waals surface area contributed by atoms with Gasteiger partial charge in [-0.2, -0.15) is 0 Å². The minimum Gasteiger partial charge on any atom is -0.488 e. The van der Waals surface area contributed by atoms with E-state index in [4.69, 9.17) is 4.74 Å². The van der Waals surface area contributed by atoms with Gasteiger partial charge >= 0.3 is 0 Å². The maximum absolute atomic E-state index is 11.9. The van der Waals surface area contributed by atoms with Gasteiger partial charge in [0.2, 0.25) is 5.43 Å². The molecule has 2 aromatic rings. The zero-order valence-corrected chi connectivity index (χ0v) is 12.9. The minimum absolute atomic E-state index is 0.0310. The van der Waals surface area contributed by atoms with Gasteiger partial charge < -0.3 is 14.3 Å². The van der Waals surface area contributed by atoms with Gasteiger partial charge in [0, 0.05) is 29.6 Å². The average molecular weight is 319 g/mol. The number of H-pyrrole nitrogens is 1. The highest BCUT2D eigenvalue weighted by atomic mass is 16.6. The van der Waals surface area contributed by atoms with Crippen LogP contribution in [0.4, 0.5) is 5.69 Å². The molecule has 0 aliphatic heterocycles. The van der Waals surface area contributed by atoms with Gasteiger partial charge in [0.15, 0.2) is 5.75 Å². The second-order valence-corrected chi connectivity index (χ2v) is 5.10. The maximum Gasteiger partial charge on any atom is 0.288 e. The van der Waals surface area contributed by atoms with E-state index < -0.39 is 4.92 Å². The van der Waals surface area contributed by atoms with Crippen molar-refractivity contribution in [3.05, 3.63) is 66.5 Å². The van der Waals surface area contributed by atoms with Crippen molar-refractivity contribution >= 4 is 5.69 Å². The number of aryl methyl sites for hydroxylation is 1. The third-order valence-electron chi connectivity index (χ3n) is 3.24. The molecule has 0 aliphatic carbocycles. The van der Waals surface area contributed by atoms with Crippen LogP contribution in [-0.2, 0) is 6.54 Å². The molecule has 0 atom stereocenters. The molecule has 8 nitrogen and oxygen atoms in total. The fourth-order valence-electron chi connectivity index (χ4n) is 2.07. The van der Waals surface area contributed by atoms with Gasteiger partial charge in [-0.1, -0.05) is 6.92 Å². The number of nitrogens with one attached hydrogen (secondary N) is 1. The van der Waals surface area contributed by atoms with Gasteiger partial charge in [0.1, 0.15) is 0 Å². The van der Waals surface area contributed by atoms with E-state index in [0.717, 1.165) is 6.42 Å². The summed E-state index contributed by atoms with van der Waals surface area (Å²) in [5, 5.41) is 11.0. The molecule has 23 heavy (non-hydrogen) atoms. The molecule has 0 saturated heterocycles. The van der Waals surface area contributed by atoms with E-state index in [1.807, 2.05) is 6.92 Å². The molecular weight excluding hydrogens is 302 g/mol. The third-order valence-corrected chi connectivity index (χ3v) is 3.24. The van der Waals surface area contributed by atoms with E-state index >= 15 is 0 Å². The number of nitrogens with zero attached hydrogens (tertiary/aromatic N) is 2. The first-order chi connectivity index (χ1) is 10.9. The molecule has 8 heteroatoms. The molecular formula is C15H17N3O5. The van der Waals surface area contributed by atoms with Crippen molar-refractivity contribution in [2.75, 3.05) is 6.61 Å². The highest BCUT2D eigenvalue weighted by molar-refractivity contribution is 5.36. The summed E-state index contributed by atoms with van der Waals surface area (Å²) in [6, 6.07) is 2.53. The van der Waals surface area contributed by atoms with Crippen LogP contribution in [0.25, 0.3) is 0 Å². The summed E-state index contributed by atoms with van der Waals surface area (Å²) in [6.45, 7) is 3.90. The van der Waals surface area contributed by atoms with Gasteiger partial charge in [-0.15, -0.1) is 0 Å². The van der Waals surface area contributed by atoms with Crippen molar-refractivity contribution in [3.63, 3.8) is 0 Å². The first-order valence-corrected chi connectivity index (χ1v) is 7.12. The Balaban J connectivity index is 2.31. The van der Waals surface area contributed by atoms with Crippen LogP contribution in [0.2, 0.25) is 0 Å². The number of rotatable bonds is 6. The molecule has 0 bridgehead atoms. The first-order valence-electron chi connectivity index (χ1n) is 7.12. The van der Waals surface area contributed by atoms with Crippen LogP contribution in [0, 0.1) is 17.0 Å². The number of ether oxygens (including phenoxy) is 1. The van der Waals surface area contributed by atoms with Crippen molar-refractivity contribution in [1.82, 2.24) is 9.55 Å². The van der Waals surface area contributed by atoms with Crippen molar-refractivity contribution in [1.29, 1.82) is 0 Å². The second kappa shape index (κ2) is 6.91. The molecule has 2 heterocycles. The predicted molar refractivity (Wildman–Crippen MR) is 84.0 cm³/mol. The summed E-state index contributed by atoms with van der Waals surface area (Å²) in [7, 11) is 0. The maximum atomic E-state index is 11.9. The number of nitro groups is 1. The second-order valence-electron chi connectivity index (χ2n) is 5.10. The van der Waals surface area contributed by atoms with E-state index in [1.54, 1.807) is 0 Å². The van der Waals surface area contributed by atoms with Crippen molar-refractivity contribution in [3.8, 4) is 5.75 Å². The monoisotopic (exact) mass is 319 g/mol. The summed E-state index contributed by atoms with van der Waals surface area (Å²) in [5.74, 6) is 0.206. The van der Waals surface area contributed by atoms with Crippen LogP contribution in [0.15, 0.2) is 34.1 Å². The molecule has 2 aromatic heterocycles. The molecule has 0 fully saturated rings. The fraction of sp³-hybridized carbons (Fsp3) is 0.333. The highest BCUT2D eigenvalue weighted by Crippen LogP contribution is 2.14. The Morgan fingerprint density at radius 2 is 2.09 bits per heavy atom. The van der Waals surface area contributed by atoms with E-state index in [9.17, 15) is 19.7 Å². The number of pyridine rings is 2. The lowest BCUT2D eigenvalue weighted by Gasteiger charge is -2.08. The number of aromatic amines is 1. The zero-order chi connectivity index (χ0) is 17.0. The molecule has 122 valence electrons. The topological polar surface area (TPSA) is 107 Å². The average Bonchev–Trinajstić information content (AvgIpc) is 2.49. The Bertz CT molecular complexity index is 838. The third kappa shape index (κ3) is 3.85. The molecule has 0 radical (unpaired) electrons. The van der Waals surface area contributed by atoms with Gasteiger partial charge in [-0.25, -0.2) is 0 Å². The Labute approximate surface area is 131 Å². The van der Waals surface area contributed by atoms with Crippen LogP contribution < -0.4 is 15.7 Å². The lowest BCUT2D eigenvalue weighted by Crippen LogP contribution is -2.22. The van der Waals surface area contributed by atoms with Crippen LogP contribution in [0.3, 0.4) is 0 Å². The first kappa shape index (κ1) is 16.5. The Hall–Kier alpha value is -2.90. The molecule has 0 aromatic carbocycles. The summed E-state index contributed by atoms with van der Waals surface area (Å²) in [5.41, 5.74) is -0.0656. The van der Waals surface area contributed by atoms with E-state index in [-0.39, 0.29) is 29.0 Å². The van der Waals surface area contributed by atoms with Crippen LogP contribution in [-0.4, -0.2) is 21.1 Å². The van der Waals surface area contributed by atoms with Crippen LogP contribution in [0.1, 0.15) is 24.6 Å². The van der Waals surface area contributed by atoms with Crippen molar-refractivity contribution < 1.29 is 9.66 Å². The van der Waals surface area contributed by atoms with Crippen molar-refractivity contribution in [2.24, 2.45) is 0 Å². The molecule has 0 unspecified atom stereocenters. The van der Waals surface area contributed by atoms with Crippen LogP contribution in [0.5, 0.6) is 5.75 Å². The lowest BCUT2D eigenvalue weighted by molar-refractivity contribution is -0.385. The van der Waals surface area contributed by atoms with Crippen LogP contribution >= 0.6 is 0 Å². The number of hydrogen-bond acceptors (Lipinski definition) is 5. The molecule has 0 amide bonds. The van der Waals surface area contributed by atoms with Gasteiger partial charge in [-0.05, 0) is 13.3 Å². The minimum atomic E-state index is -0.546. The summed E-state index contributed by atoms with van der Waals surface area (Å²) < 4.78 is 6.46. The molecule has 0 aliphatic rings. The quantitative estimate of drug-likeness (QED) is 0.642. The Morgan fingerprint density at radius 1 is 1.35 bits per heavy atom. The molecule has 2 rings (SSSR count). The fourth-order valence-corrected chi connectivity index (χ4v) is 2.07. The Morgan fingerprint density at radius 3 is 2.70 bits per heavy atom.